The SMILES string of the molecule is CCCCCCCCc1c(CCCCCC)ccc(CCCCCCCCOO)c1CCCCCCCCOO. The molecule has 4 nitrogen and oxygen atoms in total. The van der Waals surface area contributed by atoms with Crippen LogP contribution in [0.4, 0.5) is 0 Å². The predicted octanol–water partition coefficient (Wildman–Crippen LogP) is 11.5. The fraction of sp³-hybridized carbons (Fsp3) is 0.833. The highest BCUT2D eigenvalue weighted by molar-refractivity contribution is 5.42. The second-order valence-electron chi connectivity index (χ2n) is 12.1. The molecule has 0 bridgehead atoms. The van der Waals surface area contributed by atoms with Gasteiger partial charge in [-0.2, -0.15) is 0 Å². The largest absolute Gasteiger partial charge is 0.252 e. The summed E-state index contributed by atoms with van der Waals surface area (Å²) in [7, 11) is 0. The van der Waals surface area contributed by atoms with E-state index in [0.29, 0.717) is 13.2 Å². The van der Waals surface area contributed by atoms with Crippen LogP contribution in [0.5, 0.6) is 0 Å². The minimum absolute atomic E-state index is 0.465. The number of benzene rings is 1. The molecule has 0 fully saturated rings. The Labute approximate surface area is 248 Å². The van der Waals surface area contributed by atoms with Gasteiger partial charge in [-0.25, -0.2) is 9.78 Å². The van der Waals surface area contributed by atoms with Crippen LogP contribution in [-0.4, -0.2) is 23.7 Å². The van der Waals surface area contributed by atoms with Gasteiger partial charge in [-0.15, -0.1) is 0 Å². The molecule has 0 unspecified atom stereocenters. The van der Waals surface area contributed by atoms with E-state index in [-0.39, 0.29) is 0 Å². The van der Waals surface area contributed by atoms with E-state index in [9.17, 15) is 0 Å². The van der Waals surface area contributed by atoms with Crippen molar-refractivity contribution in [2.24, 2.45) is 0 Å². The lowest BCUT2D eigenvalue weighted by molar-refractivity contribution is -0.242. The summed E-state index contributed by atoms with van der Waals surface area (Å²) >= 11 is 0. The Kier molecular flexibility index (Phi) is 26.1. The molecule has 1 rings (SSSR count). The van der Waals surface area contributed by atoms with Gasteiger partial charge in [0.05, 0.1) is 13.2 Å². The summed E-state index contributed by atoms with van der Waals surface area (Å²) in [6.07, 6.45) is 32.9. The molecule has 0 saturated carbocycles. The van der Waals surface area contributed by atoms with E-state index < -0.39 is 0 Å². The van der Waals surface area contributed by atoms with Crippen LogP contribution in [0.15, 0.2) is 12.1 Å². The maximum atomic E-state index is 8.53. The van der Waals surface area contributed by atoms with Crippen LogP contribution in [0.3, 0.4) is 0 Å². The van der Waals surface area contributed by atoms with Gasteiger partial charge >= 0.3 is 0 Å². The van der Waals surface area contributed by atoms with Crippen molar-refractivity contribution in [3.05, 3.63) is 34.4 Å². The lowest BCUT2D eigenvalue weighted by atomic mass is 9.85. The molecular weight excluding hydrogens is 496 g/mol. The van der Waals surface area contributed by atoms with Crippen LogP contribution >= 0.6 is 0 Å². The van der Waals surface area contributed by atoms with E-state index in [1.54, 1.807) is 22.3 Å². The van der Waals surface area contributed by atoms with Crippen LogP contribution in [0, 0.1) is 0 Å². The first-order valence-corrected chi connectivity index (χ1v) is 17.4. The van der Waals surface area contributed by atoms with Crippen LogP contribution < -0.4 is 0 Å². The van der Waals surface area contributed by atoms with Crippen molar-refractivity contribution < 1.29 is 20.3 Å². The summed E-state index contributed by atoms with van der Waals surface area (Å²) in [5.74, 6) is 0. The fourth-order valence-corrected chi connectivity index (χ4v) is 6.07. The Morgan fingerprint density at radius 3 is 1.07 bits per heavy atom. The monoisotopic (exact) mass is 562 g/mol. The molecule has 40 heavy (non-hydrogen) atoms. The third-order valence-corrected chi connectivity index (χ3v) is 8.55. The Morgan fingerprint density at radius 1 is 0.400 bits per heavy atom. The third kappa shape index (κ3) is 19.2. The molecule has 0 aromatic heterocycles. The smallest absolute Gasteiger partial charge is 0.0819 e. The number of unbranched alkanes of at least 4 members (excludes halogenated alkanes) is 18. The second kappa shape index (κ2) is 28.2. The lowest BCUT2D eigenvalue weighted by Gasteiger charge is -2.20. The van der Waals surface area contributed by atoms with Crippen molar-refractivity contribution in [1.82, 2.24) is 0 Å². The summed E-state index contributed by atoms with van der Waals surface area (Å²) in [5, 5.41) is 17.0. The van der Waals surface area contributed by atoms with E-state index in [2.05, 4.69) is 35.8 Å². The van der Waals surface area contributed by atoms with E-state index in [4.69, 9.17) is 10.5 Å². The van der Waals surface area contributed by atoms with Crippen molar-refractivity contribution in [2.75, 3.05) is 13.2 Å². The Hall–Kier alpha value is -0.940. The van der Waals surface area contributed by atoms with Gasteiger partial charge in [0.25, 0.3) is 0 Å². The van der Waals surface area contributed by atoms with Crippen LogP contribution in [0.1, 0.15) is 177 Å². The maximum Gasteiger partial charge on any atom is 0.0819 e. The number of rotatable bonds is 30. The van der Waals surface area contributed by atoms with E-state index in [0.717, 1.165) is 25.7 Å². The summed E-state index contributed by atoms with van der Waals surface area (Å²) < 4.78 is 0. The molecule has 0 spiro atoms. The lowest BCUT2D eigenvalue weighted by Crippen LogP contribution is -2.07. The highest BCUT2D eigenvalue weighted by Crippen LogP contribution is 2.28. The normalized spacial score (nSPS) is 11.5. The first-order valence-electron chi connectivity index (χ1n) is 17.4. The fourth-order valence-electron chi connectivity index (χ4n) is 6.07. The van der Waals surface area contributed by atoms with Gasteiger partial charge in [0.2, 0.25) is 0 Å². The third-order valence-electron chi connectivity index (χ3n) is 8.55. The van der Waals surface area contributed by atoms with Crippen molar-refractivity contribution in [3.8, 4) is 0 Å². The van der Waals surface area contributed by atoms with Gasteiger partial charge in [-0.3, -0.25) is 10.5 Å². The quantitative estimate of drug-likeness (QED) is 0.0556. The molecule has 1 aromatic rings. The van der Waals surface area contributed by atoms with E-state index in [1.165, 1.54) is 141 Å². The molecule has 0 aliphatic carbocycles. The minimum atomic E-state index is 0.465. The number of hydrogen-bond acceptors (Lipinski definition) is 4. The topological polar surface area (TPSA) is 58.9 Å². The highest BCUT2D eigenvalue weighted by atomic mass is 17.1. The van der Waals surface area contributed by atoms with Crippen LogP contribution in [-0.2, 0) is 35.5 Å². The van der Waals surface area contributed by atoms with Crippen molar-refractivity contribution in [1.29, 1.82) is 0 Å². The van der Waals surface area contributed by atoms with E-state index in [1.807, 2.05) is 0 Å². The molecule has 0 aliphatic rings. The summed E-state index contributed by atoms with van der Waals surface area (Å²) in [6, 6.07) is 5.01. The summed E-state index contributed by atoms with van der Waals surface area (Å²) in [6.45, 7) is 5.54. The summed E-state index contributed by atoms with van der Waals surface area (Å²) in [4.78, 5) is 8.43. The second-order valence-corrected chi connectivity index (χ2v) is 12.1. The van der Waals surface area contributed by atoms with E-state index >= 15 is 0 Å². The molecule has 0 saturated heterocycles. The standard InChI is InChI=1S/C36H66O4/c1-3-5-7-9-15-21-27-35-33(25-19-8-6-4-2)29-30-34(26-20-14-10-12-17-23-31-39-37)36(35)28-22-16-11-13-18-24-32-40-38/h29-30,37-38H,3-28,31-32H2,1-2H3. The molecule has 0 amide bonds. The zero-order valence-corrected chi connectivity index (χ0v) is 26.7. The van der Waals surface area contributed by atoms with Gasteiger partial charge in [-0.1, -0.05) is 129 Å². The van der Waals surface area contributed by atoms with Gasteiger partial charge in [0.1, 0.15) is 0 Å². The molecule has 0 atom stereocenters. The van der Waals surface area contributed by atoms with Gasteiger partial charge < -0.3 is 0 Å². The molecule has 4 heteroatoms. The number of aryl methyl sites for hydroxylation is 2. The zero-order valence-electron chi connectivity index (χ0n) is 26.7. The molecular formula is C36H66O4. The number of hydrogen-bond donors (Lipinski definition) is 2. The Bertz CT molecular complexity index is 675. The van der Waals surface area contributed by atoms with Crippen LogP contribution in [0.25, 0.3) is 0 Å². The molecule has 234 valence electrons. The molecule has 0 radical (unpaired) electrons. The molecule has 0 heterocycles. The summed E-state index contributed by atoms with van der Waals surface area (Å²) in [5.41, 5.74) is 6.73. The molecule has 2 N–H and O–H groups in total. The first kappa shape index (κ1) is 37.1. The highest BCUT2D eigenvalue weighted by Gasteiger charge is 2.14. The molecule has 1 aromatic carbocycles. The van der Waals surface area contributed by atoms with Gasteiger partial charge in [0, 0.05) is 0 Å². The van der Waals surface area contributed by atoms with Gasteiger partial charge in [0.15, 0.2) is 0 Å². The molecule has 0 aliphatic heterocycles. The zero-order chi connectivity index (χ0) is 28.9. The Morgan fingerprint density at radius 2 is 0.700 bits per heavy atom. The van der Waals surface area contributed by atoms with Crippen LogP contribution in [0.2, 0.25) is 0 Å². The van der Waals surface area contributed by atoms with Crippen molar-refractivity contribution >= 4 is 0 Å². The first-order chi connectivity index (χ1) is 19.8. The Balaban J connectivity index is 2.85. The van der Waals surface area contributed by atoms with Crippen molar-refractivity contribution in [3.63, 3.8) is 0 Å². The maximum absolute atomic E-state index is 8.53. The average molecular weight is 563 g/mol. The average Bonchev–Trinajstić information content (AvgIpc) is 2.97. The minimum Gasteiger partial charge on any atom is -0.252 e. The van der Waals surface area contributed by atoms with Gasteiger partial charge in [-0.05, 0) is 86.5 Å². The van der Waals surface area contributed by atoms with Crippen molar-refractivity contribution in [2.45, 2.75) is 181 Å². The predicted molar refractivity (Wildman–Crippen MR) is 171 cm³/mol.